The molecule has 3 heteroatoms. The molecule has 0 aliphatic heterocycles. The molecule has 0 aliphatic carbocycles. The predicted octanol–water partition coefficient (Wildman–Crippen LogP) is 9.09. The van der Waals surface area contributed by atoms with Gasteiger partial charge in [0, 0.05) is 7.11 Å². The van der Waals surface area contributed by atoms with E-state index in [2.05, 4.69) is 27.7 Å². The lowest BCUT2D eigenvalue weighted by atomic mass is 10.0. The number of hydrogen-bond donors (Lipinski definition) is 0. The van der Waals surface area contributed by atoms with Crippen LogP contribution < -0.4 is 0 Å². The summed E-state index contributed by atoms with van der Waals surface area (Å²) in [5.41, 5.74) is 0. The van der Waals surface area contributed by atoms with Crippen molar-refractivity contribution in [1.29, 1.82) is 0 Å². The Morgan fingerprint density at radius 3 is 1.28 bits per heavy atom. The highest BCUT2D eigenvalue weighted by Crippen LogP contribution is 2.31. The van der Waals surface area contributed by atoms with Crippen LogP contribution in [-0.4, -0.2) is 29.4 Å². The fourth-order valence-electron chi connectivity index (χ4n) is 3.92. The molecule has 2 nitrogen and oxygen atoms in total. The zero-order valence-corrected chi connectivity index (χ0v) is 22.0. The molecule has 0 aliphatic rings. The second-order valence-corrected chi connectivity index (χ2v) is 13.1. The molecule has 175 valence electrons. The minimum absolute atomic E-state index is 0.327. The van der Waals surface area contributed by atoms with E-state index in [1.807, 2.05) is 0 Å². The van der Waals surface area contributed by atoms with Crippen molar-refractivity contribution < 1.29 is 9.16 Å². The number of rotatable bonds is 22. The molecule has 0 aromatic heterocycles. The molecule has 0 saturated carbocycles. The normalized spacial score (nSPS) is 12.2. The largest absolute Gasteiger partial charge is 0.414 e. The maximum absolute atomic E-state index is 6.15. The molecule has 0 aromatic carbocycles. The first kappa shape index (κ1) is 29.1. The highest BCUT2D eigenvalue weighted by Gasteiger charge is 2.28. The zero-order valence-electron chi connectivity index (χ0n) is 21.0. The van der Waals surface area contributed by atoms with Crippen LogP contribution in [0.1, 0.15) is 137 Å². The van der Waals surface area contributed by atoms with Gasteiger partial charge in [-0.05, 0) is 11.1 Å². The van der Waals surface area contributed by atoms with Crippen molar-refractivity contribution in [3.05, 3.63) is 0 Å². The Kier molecular flexibility index (Phi) is 21.5. The van der Waals surface area contributed by atoms with E-state index in [9.17, 15) is 0 Å². The van der Waals surface area contributed by atoms with Gasteiger partial charge in [0.15, 0.2) is 0 Å². The van der Waals surface area contributed by atoms with Crippen molar-refractivity contribution in [3.8, 4) is 0 Å². The molecule has 0 aromatic rings. The quantitative estimate of drug-likeness (QED) is 0.127. The molecule has 0 spiro atoms. The van der Waals surface area contributed by atoms with Gasteiger partial charge >= 0.3 is 0 Å². The van der Waals surface area contributed by atoms with E-state index >= 15 is 0 Å². The van der Waals surface area contributed by atoms with Crippen LogP contribution in [0.15, 0.2) is 0 Å². The zero-order chi connectivity index (χ0) is 21.6. The molecule has 0 saturated heterocycles. The molecule has 29 heavy (non-hydrogen) atoms. The summed E-state index contributed by atoms with van der Waals surface area (Å²) in [6.07, 6.45) is 24.5. The fourth-order valence-corrected chi connectivity index (χ4v) is 6.15. The van der Waals surface area contributed by atoms with E-state index in [4.69, 9.17) is 9.16 Å². The maximum Gasteiger partial charge on any atom is 0.217 e. The first-order valence-electron chi connectivity index (χ1n) is 13.0. The number of unbranched alkanes of at least 4 members (excludes halogenated alkanes) is 16. The van der Waals surface area contributed by atoms with E-state index in [-0.39, 0.29) is 0 Å². The third-order valence-electron chi connectivity index (χ3n) is 5.91. The monoisotopic (exact) mass is 427 g/mol. The van der Waals surface area contributed by atoms with Gasteiger partial charge in [-0.25, -0.2) is 0 Å². The Labute approximate surface area is 186 Å². The van der Waals surface area contributed by atoms with Gasteiger partial charge in [0.05, 0.1) is 13.2 Å². The summed E-state index contributed by atoms with van der Waals surface area (Å²) in [6, 6.07) is 1.29. The smallest absolute Gasteiger partial charge is 0.217 e. The molecule has 0 unspecified atom stereocenters. The van der Waals surface area contributed by atoms with Crippen LogP contribution in [-0.2, 0) is 9.16 Å². The maximum atomic E-state index is 6.15. The van der Waals surface area contributed by atoms with Gasteiger partial charge in [-0.1, -0.05) is 137 Å². The van der Waals surface area contributed by atoms with Crippen LogP contribution in [0.2, 0.25) is 11.1 Å². The summed E-state index contributed by atoms with van der Waals surface area (Å²) in [7, 11) is 1.02. The Hall–Kier alpha value is 0.137. The molecule has 0 fully saturated rings. The SMILES string of the molecule is CCCCCCCCCCCCCCCCCCC[Si](OCCOC)C(C)(C)C. The molecule has 1 radical (unpaired) electrons. The van der Waals surface area contributed by atoms with Crippen LogP contribution in [0, 0.1) is 0 Å². The summed E-state index contributed by atoms with van der Waals surface area (Å²) >= 11 is 0. The molecule has 0 bridgehead atoms. The molecule has 0 atom stereocenters. The van der Waals surface area contributed by atoms with E-state index in [0.29, 0.717) is 5.04 Å². The molecule has 0 rings (SSSR count). The van der Waals surface area contributed by atoms with E-state index < -0.39 is 9.04 Å². The number of methoxy groups -OCH3 is 1. The van der Waals surface area contributed by atoms with Gasteiger partial charge < -0.3 is 9.16 Å². The molecular formula is C26H55O2Si. The van der Waals surface area contributed by atoms with Crippen molar-refractivity contribution in [3.63, 3.8) is 0 Å². The minimum atomic E-state index is -0.733. The second kappa shape index (κ2) is 21.4. The van der Waals surface area contributed by atoms with Crippen LogP contribution >= 0.6 is 0 Å². The highest BCUT2D eigenvalue weighted by molar-refractivity contribution is 6.55. The Balaban J connectivity index is 3.35. The van der Waals surface area contributed by atoms with Gasteiger partial charge in [0.25, 0.3) is 0 Å². The minimum Gasteiger partial charge on any atom is -0.414 e. The third-order valence-corrected chi connectivity index (χ3v) is 8.94. The lowest BCUT2D eigenvalue weighted by Crippen LogP contribution is -2.30. The van der Waals surface area contributed by atoms with E-state index in [0.717, 1.165) is 13.2 Å². The van der Waals surface area contributed by atoms with Gasteiger partial charge in [-0.3, -0.25) is 0 Å². The summed E-state index contributed by atoms with van der Waals surface area (Å²) in [6.45, 7) is 10.8. The van der Waals surface area contributed by atoms with E-state index in [1.54, 1.807) is 7.11 Å². The molecule has 0 amide bonds. The molecule has 0 heterocycles. The Morgan fingerprint density at radius 1 is 0.552 bits per heavy atom. The van der Waals surface area contributed by atoms with Gasteiger partial charge in [0.2, 0.25) is 9.04 Å². The summed E-state index contributed by atoms with van der Waals surface area (Å²) < 4.78 is 11.3. The average molecular weight is 428 g/mol. The van der Waals surface area contributed by atoms with E-state index in [1.165, 1.54) is 115 Å². The molecular weight excluding hydrogens is 372 g/mol. The number of ether oxygens (including phenoxy) is 1. The van der Waals surface area contributed by atoms with Gasteiger partial charge in [-0.2, -0.15) is 0 Å². The lowest BCUT2D eigenvalue weighted by Gasteiger charge is -2.28. The van der Waals surface area contributed by atoms with Crippen molar-refractivity contribution >= 4 is 9.04 Å². The fraction of sp³-hybridized carbons (Fsp3) is 1.00. The Morgan fingerprint density at radius 2 is 0.931 bits per heavy atom. The predicted molar refractivity (Wildman–Crippen MR) is 132 cm³/mol. The van der Waals surface area contributed by atoms with Gasteiger partial charge in [-0.15, -0.1) is 0 Å². The highest BCUT2D eigenvalue weighted by atomic mass is 28.3. The van der Waals surface area contributed by atoms with Crippen LogP contribution in [0.3, 0.4) is 0 Å². The van der Waals surface area contributed by atoms with Crippen molar-refractivity contribution in [2.24, 2.45) is 0 Å². The summed E-state index contributed by atoms with van der Waals surface area (Å²) in [5.74, 6) is 0. The van der Waals surface area contributed by atoms with Gasteiger partial charge in [0.1, 0.15) is 0 Å². The Bertz CT molecular complexity index is 314. The van der Waals surface area contributed by atoms with Crippen molar-refractivity contribution in [2.75, 3.05) is 20.3 Å². The van der Waals surface area contributed by atoms with Crippen molar-refractivity contribution in [2.45, 2.75) is 148 Å². The van der Waals surface area contributed by atoms with Crippen molar-refractivity contribution in [1.82, 2.24) is 0 Å². The van der Waals surface area contributed by atoms with Crippen LogP contribution in [0.25, 0.3) is 0 Å². The lowest BCUT2D eigenvalue weighted by molar-refractivity contribution is 0.142. The number of hydrogen-bond acceptors (Lipinski definition) is 2. The topological polar surface area (TPSA) is 18.5 Å². The first-order chi connectivity index (χ1) is 14.0. The van der Waals surface area contributed by atoms with Crippen LogP contribution in [0.4, 0.5) is 0 Å². The average Bonchev–Trinajstić information content (AvgIpc) is 2.68. The second-order valence-electron chi connectivity index (χ2n) is 9.92. The standard InChI is InChI=1S/C26H55O2Si/c1-6-7-8-9-10-11-12-13-14-15-16-17-18-19-20-21-22-25-29(26(2,3)4)28-24-23-27-5/h6-25H2,1-5H3. The summed E-state index contributed by atoms with van der Waals surface area (Å²) in [5, 5.41) is 0.327. The third kappa shape index (κ3) is 21.2. The summed E-state index contributed by atoms with van der Waals surface area (Å²) in [4.78, 5) is 0. The molecule has 0 N–H and O–H groups in total. The van der Waals surface area contributed by atoms with Crippen LogP contribution in [0.5, 0.6) is 0 Å². The first-order valence-corrected chi connectivity index (χ1v) is 14.6.